The zero-order valence-corrected chi connectivity index (χ0v) is 10.6. The topological polar surface area (TPSA) is 18.5 Å². The highest BCUT2D eigenvalue weighted by molar-refractivity contribution is 9.13. The summed E-state index contributed by atoms with van der Waals surface area (Å²) in [5.41, 5.74) is 0. The summed E-state index contributed by atoms with van der Waals surface area (Å²) in [5, 5.41) is 0. The number of rotatable bonds is 3. The first-order valence-corrected chi connectivity index (χ1v) is 5.43. The minimum atomic E-state index is 0.629. The molecule has 0 spiro atoms. The molecule has 0 aliphatic heterocycles. The van der Waals surface area contributed by atoms with Gasteiger partial charge in [0, 0.05) is 8.95 Å². The second kappa shape index (κ2) is 4.86. The van der Waals surface area contributed by atoms with E-state index in [-0.39, 0.29) is 0 Å². The molecule has 0 saturated carbocycles. The molecule has 0 aromatic heterocycles. The predicted molar refractivity (Wildman–Crippen MR) is 59.6 cm³/mol. The molecule has 0 amide bonds. The maximum Gasteiger partial charge on any atom is 0.162 e. The summed E-state index contributed by atoms with van der Waals surface area (Å²) < 4.78 is 12.5. The number of benzene rings is 1. The summed E-state index contributed by atoms with van der Waals surface area (Å²) >= 11 is 6.79. The predicted octanol–water partition coefficient (Wildman–Crippen LogP) is 3.62. The van der Waals surface area contributed by atoms with E-state index in [0.29, 0.717) is 6.61 Å². The quantitative estimate of drug-likeness (QED) is 0.849. The second-order valence-corrected chi connectivity index (χ2v) is 4.06. The summed E-state index contributed by atoms with van der Waals surface area (Å²) in [6.45, 7) is 2.57. The number of ether oxygens (including phenoxy) is 2. The Hall–Kier alpha value is -0.220. The highest BCUT2D eigenvalue weighted by atomic mass is 79.9. The van der Waals surface area contributed by atoms with Gasteiger partial charge in [0.2, 0.25) is 0 Å². The average molecular weight is 310 g/mol. The lowest BCUT2D eigenvalue weighted by Crippen LogP contribution is -1.95. The Balaban J connectivity index is 3.09. The van der Waals surface area contributed by atoms with Gasteiger partial charge in [0.15, 0.2) is 11.5 Å². The lowest BCUT2D eigenvalue weighted by molar-refractivity contribution is 0.310. The molecular formula is C9H10Br2O2. The van der Waals surface area contributed by atoms with Crippen LogP contribution in [-0.4, -0.2) is 13.7 Å². The van der Waals surface area contributed by atoms with E-state index in [2.05, 4.69) is 31.9 Å². The Kier molecular flexibility index (Phi) is 4.06. The van der Waals surface area contributed by atoms with Crippen molar-refractivity contribution >= 4 is 31.9 Å². The molecule has 0 bridgehead atoms. The van der Waals surface area contributed by atoms with Crippen LogP contribution in [0.2, 0.25) is 0 Å². The van der Waals surface area contributed by atoms with Crippen molar-refractivity contribution in [3.05, 3.63) is 21.1 Å². The second-order valence-electron chi connectivity index (χ2n) is 2.35. The fourth-order valence-electron chi connectivity index (χ4n) is 0.938. The molecular weight excluding hydrogens is 300 g/mol. The third-order valence-electron chi connectivity index (χ3n) is 1.51. The minimum absolute atomic E-state index is 0.629. The van der Waals surface area contributed by atoms with Gasteiger partial charge in [0.25, 0.3) is 0 Å². The smallest absolute Gasteiger partial charge is 0.162 e. The molecule has 1 aromatic carbocycles. The summed E-state index contributed by atoms with van der Waals surface area (Å²) in [5.74, 6) is 1.48. The maximum absolute atomic E-state index is 5.39. The van der Waals surface area contributed by atoms with Crippen LogP contribution in [0.25, 0.3) is 0 Å². The van der Waals surface area contributed by atoms with Crippen LogP contribution in [0.3, 0.4) is 0 Å². The first kappa shape index (κ1) is 10.9. The minimum Gasteiger partial charge on any atom is -0.493 e. The van der Waals surface area contributed by atoms with Crippen molar-refractivity contribution < 1.29 is 9.47 Å². The van der Waals surface area contributed by atoms with Crippen LogP contribution in [0.4, 0.5) is 0 Å². The van der Waals surface area contributed by atoms with Crippen LogP contribution < -0.4 is 9.47 Å². The molecule has 0 radical (unpaired) electrons. The van der Waals surface area contributed by atoms with E-state index in [1.54, 1.807) is 7.11 Å². The maximum atomic E-state index is 5.39. The van der Waals surface area contributed by atoms with Gasteiger partial charge in [-0.25, -0.2) is 0 Å². The third kappa shape index (κ3) is 2.61. The lowest BCUT2D eigenvalue weighted by atomic mass is 10.3. The number of hydrogen-bond acceptors (Lipinski definition) is 2. The first-order valence-electron chi connectivity index (χ1n) is 3.84. The lowest BCUT2D eigenvalue weighted by Gasteiger charge is -2.10. The Morgan fingerprint density at radius 1 is 1.15 bits per heavy atom. The Morgan fingerprint density at radius 2 is 1.69 bits per heavy atom. The van der Waals surface area contributed by atoms with Crippen LogP contribution in [-0.2, 0) is 0 Å². The van der Waals surface area contributed by atoms with Gasteiger partial charge in [-0.2, -0.15) is 0 Å². The Bertz CT molecular complexity index is 300. The van der Waals surface area contributed by atoms with Gasteiger partial charge in [-0.1, -0.05) is 0 Å². The van der Waals surface area contributed by atoms with E-state index in [0.717, 1.165) is 20.4 Å². The summed E-state index contributed by atoms with van der Waals surface area (Å²) in [7, 11) is 1.62. The van der Waals surface area contributed by atoms with Gasteiger partial charge in [-0.05, 0) is 50.9 Å². The summed E-state index contributed by atoms with van der Waals surface area (Å²) in [6, 6.07) is 3.75. The van der Waals surface area contributed by atoms with E-state index in [9.17, 15) is 0 Å². The summed E-state index contributed by atoms with van der Waals surface area (Å²) in [4.78, 5) is 0. The van der Waals surface area contributed by atoms with Crippen LogP contribution in [0.15, 0.2) is 21.1 Å². The van der Waals surface area contributed by atoms with Gasteiger partial charge < -0.3 is 9.47 Å². The third-order valence-corrected chi connectivity index (χ3v) is 3.35. The van der Waals surface area contributed by atoms with Gasteiger partial charge >= 0.3 is 0 Å². The van der Waals surface area contributed by atoms with E-state index in [1.807, 2.05) is 19.1 Å². The zero-order chi connectivity index (χ0) is 9.84. The van der Waals surface area contributed by atoms with Gasteiger partial charge in [-0.3, -0.25) is 0 Å². The molecule has 2 nitrogen and oxygen atoms in total. The SMILES string of the molecule is CCOc1cc(Br)c(Br)cc1OC. The molecule has 0 aliphatic rings. The van der Waals surface area contributed by atoms with Crippen molar-refractivity contribution in [2.75, 3.05) is 13.7 Å². The Morgan fingerprint density at radius 3 is 2.15 bits per heavy atom. The number of methoxy groups -OCH3 is 1. The average Bonchev–Trinajstić information content (AvgIpc) is 2.11. The standard InChI is InChI=1S/C9H10Br2O2/c1-3-13-9-5-7(11)6(10)4-8(9)12-2/h4-5H,3H2,1-2H3. The molecule has 0 N–H and O–H groups in total. The molecule has 0 saturated heterocycles. The molecule has 0 unspecified atom stereocenters. The monoisotopic (exact) mass is 308 g/mol. The van der Waals surface area contributed by atoms with Crippen LogP contribution >= 0.6 is 31.9 Å². The van der Waals surface area contributed by atoms with Crippen LogP contribution in [0.1, 0.15) is 6.92 Å². The number of hydrogen-bond donors (Lipinski definition) is 0. The van der Waals surface area contributed by atoms with E-state index in [1.165, 1.54) is 0 Å². The van der Waals surface area contributed by atoms with Crippen molar-refractivity contribution in [2.45, 2.75) is 6.92 Å². The van der Waals surface area contributed by atoms with Gasteiger partial charge in [0.1, 0.15) is 0 Å². The van der Waals surface area contributed by atoms with E-state index < -0.39 is 0 Å². The molecule has 1 aromatic rings. The molecule has 0 aliphatic carbocycles. The summed E-state index contributed by atoms with van der Waals surface area (Å²) in [6.07, 6.45) is 0. The molecule has 13 heavy (non-hydrogen) atoms. The zero-order valence-electron chi connectivity index (χ0n) is 7.43. The number of halogens is 2. The van der Waals surface area contributed by atoms with Crippen molar-refractivity contribution in [1.29, 1.82) is 0 Å². The highest BCUT2D eigenvalue weighted by Crippen LogP contribution is 2.36. The van der Waals surface area contributed by atoms with Crippen molar-refractivity contribution in [2.24, 2.45) is 0 Å². The van der Waals surface area contributed by atoms with Gasteiger partial charge in [0.05, 0.1) is 13.7 Å². The Labute approximate surface area is 94.5 Å². The van der Waals surface area contributed by atoms with Crippen molar-refractivity contribution in [3.8, 4) is 11.5 Å². The molecule has 1 rings (SSSR count). The van der Waals surface area contributed by atoms with Crippen molar-refractivity contribution in [3.63, 3.8) is 0 Å². The molecule has 72 valence electrons. The molecule has 4 heteroatoms. The van der Waals surface area contributed by atoms with Gasteiger partial charge in [-0.15, -0.1) is 0 Å². The fourth-order valence-corrected chi connectivity index (χ4v) is 1.58. The highest BCUT2D eigenvalue weighted by Gasteiger charge is 2.07. The van der Waals surface area contributed by atoms with E-state index >= 15 is 0 Å². The van der Waals surface area contributed by atoms with Crippen LogP contribution in [0, 0.1) is 0 Å². The molecule has 0 fully saturated rings. The first-order chi connectivity index (χ1) is 6.19. The van der Waals surface area contributed by atoms with E-state index in [4.69, 9.17) is 9.47 Å². The fraction of sp³-hybridized carbons (Fsp3) is 0.333. The normalized spacial score (nSPS) is 9.85. The molecule has 0 heterocycles. The largest absolute Gasteiger partial charge is 0.493 e. The van der Waals surface area contributed by atoms with Crippen LogP contribution in [0.5, 0.6) is 11.5 Å². The van der Waals surface area contributed by atoms with Crippen molar-refractivity contribution in [1.82, 2.24) is 0 Å². The molecule has 0 atom stereocenters.